The second-order valence-corrected chi connectivity index (χ2v) is 7.90. The minimum Gasteiger partial charge on any atom is -0.330 e. The molecule has 0 atom stereocenters. The summed E-state index contributed by atoms with van der Waals surface area (Å²) in [5, 5.41) is 1.96. The molecule has 140 valence electrons. The molecule has 0 radical (unpaired) electrons. The highest BCUT2D eigenvalue weighted by molar-refractivity contribution is 7.16. The summed E-state index contributed by atoms with van der Waals surface area (Å²) in [7, 11) is 3.53. The van der Waals surface area contributed by atoms with Crippen molar-refractivity contribution in [1.82, 2.24) is 4.90 Å². The van der Waals surface area contributed by atoms with Crippen LogP contribution in [0.25, 0.3) is 0 Å². The van der Waals surface area contributed by atoms with Crippen molar-refractivity contribution in [2.45, 2.75) is 13.3 Å². The highest BCUT2D eigenvalue weighted by Gasteiger charge is 2.27. The average molecular weight is 433 g/mol. The Kier molecular flexibility index (Phi) is 6.97. The van der Waals surface area contributed by atoms with Crippen LogP contribution < -0.4 is 4.90 Å². The molecule has 3 rings (SSSR count). The number of carbonyl (C=O) groups is 1. The molecule has 0 N–H and O–H groups in total. The molecule has 2 heterocycles. The Morgan fingerprint density at radius 1 is 1.27 bits per heavy atom. The van der Waals surface area contributed by atoms with E-state index in [2.05, 4.69) is 13.0 Å². The third-order valence-corrected chi connectivity index (χ3v) is 6.05. The van der Waals surface area contributed by atoms with E-state index in [1.165, 1.54) is 4.88 Å². The van der Waals surface area contributed by atoms with Gasteiger partial charge in [-0.1, -0.05) is 36.2 Å². The molecule has 0 aliphatic carbocycles. The SMILES string of the molecule is CCc1cc2c(s1)N(C(=O)N(C)C)CCN=C2c1ccc(Cl)c(Cl)c1.Cl. The van der Waals surface area contributed by atoms with E-state index in [1.807, 2.05) is 17.0 Å². The third kappa shape index (κ3) is 4.01. The van der Waals surface area contributed by atoms with Crippen molar-refractivity contribution < 1.29 is 4.79 Å². The first-order valence-corrected chi connectivity index (χ1v) is 9.61. The predicted octanol–water partition coefficient (Wildman–Crippen LogP) is 5.38. The lowest BCUT2D eigenvalue weighted by atomic mass is 10.0. The Balaban J connectivity index is 0.00000243. The van der Waals surface area contributed by atoms with E-state index in [4.69, 9.17) is 28.2 Å². The second kappa shape index (κ2) is 8.61. The Morgan fingerprint density at radius 3 is 2.62 bits per heavy atom. The highest BCUT2D eigenvalue weighted by atomic mass is 35.5. The first kappa shape index (κ1) is 21.0. The summed E-state index contributed by atoms with van der Waals surface area (Å²) in [6, 6.07) is 7.63. The number of rotatable bonds is 2. The number of thiophene rings is 1. The molecule has 0 saturated heterocycles. The molecule has 2 aromatic rings. The lowest BCUT2D eigenvalue weighted by Crippen LogP contribution is -2.40. The number of hydrogen-bond donors (Lipinski definition) is 0. The van der Waals surface area contributed by atoms with Crippen LogP contribution in [0.3, 0.4) is 0 Å². The fraction of sp³-hybridized carbons (Fsp3) is 0.333. The topological polar surface area (TPSA) is 35.9 Å². The van der Waals surface area contributed by atoms with E-state index < -0.39 is 0 Å². The maximum Gasteiger partial charge on any atom is 0.324 e. The van der Waals surface area contributed by atoms with Crippen LogP contribution in [0, 0.1) is 0 Å². The fourth-order valence-electron chi connectivity index (χ4n) is 2.74. The monoisotopic (exact) mass is 431 g/mol. The molecule has 2 amide bonds. The van der Waals surface area contributed by atoms with Crippen molar-refractivity contribution in [1.29, 1.82) is 0 Å². The lowest BCUT2D eigenvalue weighted by Gasteiger charge is -2.24. The number of amides is 2. The molecule has 0 bridgehead atoms. The van der Waals surface area contributed by atoms with Crippen LogP contribution in [0.2, 0.25) is 10.0 Å². The zero-order chi connectivity index (χ0) is 18.1. The van der Waals surface area contributed by atoms with Gasteiger partial charge in [-0.15, -0.1) is 23.7 Å². The summed E-state index contributed by atoms with van der Waals surface area (Å²) in [4.78, 5) is 22.0. The summed E-state index contributed by atoms with van der Waals surface area (Å²) in [6.07, 6.45) is 0.913. The minimum atomic E-state index is -0.0312. The van der Waals surface area contributed by atoms with Gasteiger partial charge in [0.1, 0.15) is 5.00 Å². The molecule has 0 saturated carbocycles. The largest absolute Gasteiger partial charge is 0.330 e. The number of fused-ring (bicyclic) bond motifs is 1. The van der Waals surface area contributed by atoms with E-state index in [0.717, 1.165) is 28.3 Å². The number of hydrogen-bond acceptors (Lipinski definition) is 3. The van der Waals surface area contributed by atoms with Gasteiger partial charge < -0.3 is 4.90 Å². The molecule has 1 aliphatic rings. The molecule has 26 heavy (non-hydrogen) atoms. The number of urea groups is 1. The first-order chi connectivity index (χ1) is 11.9. The summed E-state index contributed by atoms with van der Waals surface area (Å²) < 4.78 is 0. The van der Waals surface area contributed by atoms with Crippen molar-refractivity contribution in [3.63, 3.8) is 0 Å². The normalized spacial score (nSPS) is 13.4. The van der Waals surface area contributed by atoms with Gasteiger partial charge in [0.25, 0.3) is 0 Å². The summed E-state index contributed by atoms with van der Waals surface area (Å²) >= 11 is 13.9. The minimum absolute atomic E-state index is 0. The van der Waals surface area contributed by atoms with Crippen LogP contribution in [0.4, 0.5) is 9.80 Å². The highest BCUT2D eigenvalue weighted by Crippen LogP contribution is 2.36. The number of halogens is 3. The van der Waals surface area contributed by atoms with Gasteiger partial charge in [0.05, 0.1) is 22.3 Å². The van der Waals surface area contributed by atoms with Gasteiger partial charge in [-0.3, -0.25) is 9.89 Å². The van der Waals surface area contributed by atoms with Crippen molar-refractivity contribution in [3.8, 4) is 0 Å². The molecule has 0 unspecified atom stereocenters. The van der Waals surface area contributed by atoms with Gasteiger partial charge in [0.15, 0.2) is 0 Å². The summed E-state index contributed by atoms with van der Waals surface area (Å²) in [5.41, 5.74) is 2.75. The number of benzene rings is 1. The molecular weight excluding hydrogens is 413 g/mol. The maximum atomic E-state index is 12.6. The molecular formula is C18H20Cl3N3OS. The van der Waals surface area contributed by atoms with E-state index >= 15 is 0 Å². The first-order valence-electron chi connectivity index (χ1n) is 8.04. The third-order valence-electron chi connectivity index (χ3n) is 4.01. The Hall–Kier alpha value is -1.27. The van der Waals surface area contributed by atoms with Gasteiger partial charge in [0.2, 0.25) is 0 Å². The van der Waals surface area contributed by atoms with E-state index in [-0.39, 0.29) is 18.4 Å². The van der Waals surface area contributed by atoms with E-state index in [1.54, 1.807) is 36.4 Å². The molecule has 1 aromatic carbocycles. The molecule has 1 aliphatic heterocycles. The van der Waals surface area contributed by atoms with Crippen LogP contribution in [0.1, 0.15) is 22.9 Å². The average Bonchev–Trinajstić information content (AvgIpc) is 2.93. The molecule has 0 fully saturated rings. The Bertz CT molecular complexity index is 848. The van der Waals surface area contributed by atoms with Crippen LogP contribution in [-0.2, 0) is 6.42 Å². The van der Waals surface area contributed by atoms with Crippen molar-refractivity contribution >= 4 is 63.7 Å². The Labute approximate surface area is 173 Å². The van der Waals surface area contributed by atoms with Crippen molar-refractivity contribution in [2.24, 2.45) is 4.99 Å². The van der Waals surface area contributed by atoms with Gasteiger partial charge in [-0.2, -0.15) is 0 Å². The van der Waals surface area contributed by atoms with Crippen molar-refractivity contribution in [3.05, 3.63) is 50.3 Å². The second-order valence-electron chi connectivity index (χ2n) is 5.97. The van der Waals surface area contributed by atoms with Crippen LogP contribution in [0.5, 0.6) is 0 Å². The van der Waals surface area contributed by atoms with Gasteiger partial charge in [0, 0.05) is 36.6 Å². The predicted molar refractivity (Wildman–Crippen MR) is 114 cm³/mol. The van der Waals surface area contributed by atoms with Gasteiger partial charge >= 0.3 is 6.03 Å². The van der Waals surface area contributed by atoms with Crippen molar-refractivity contribution in [2.75, 3.05) is 32.1 Å². The van der Waals surface area contributed by atoms with Gasteiger partial charge in [-0.05, 0) is 24.6 Å². The van der Waals surface area contributed by atoms with Crippen LogP contribution in [-0.4, -0.2) is 43.8 Å². The fourth-order valence-corrected chi connectivity index (χ4v) is 4.15. The molecule has 4 nitrogen and oxygen atoms in total. The quantitative estimate of drug-likeness (QED) is 0.627. The summed E-state index contributed by atoms with van der Waals surface area (Å²) in [6.45, 7) is 3.20. The van der Waals surface area contributed by atoms with Crippen LogP contribution >= 0.6 is 46.9 Å². The standard InChI is InChI=1S/C18H19Cl2N3OS.ClH/c1-4-12-10-13-16(11-5-6-14(19)15(20)9-11)21-7-8-23(17(13)25-12)18(24)22(2)3;/h5-6,9-10H,4,7-8H2,1-3H3;1H. The zero-order valence-corrected chi connectivity index (χ0v) is 17.9. The smallest absolute Gasteiger partial charge is 0.324 e. The van der Waals surface area contributed by atoms with Gasteiger partial charge in [-0.25, -0.2) is 4.79 Å². The zero-order valence-electron chi connectivity index (χ0n) is 14.8. The number of nitrogens with zero attached hydrogens (tertiary/aromatic N) is 3. The number of aryl methyl sites for hydroxylation is 1. The molecule has 1 aromatic heterocycles. The van der Waals surface area contributed by atoms with E-state index in [0.29, 0.717) is 23.1 Å². The molecule has 0 spiro atoms. The molecule has 8 heteroatoms. The number of anilines is 1. The number of aliphatic imine (C=N–C) groups is 1. The summed E-state index contributed by atoms with van der Waals surface area (Å²) in [5.74, 6) is 0. The Morgan fingerprint density at radius 2 is 2.00 bits per heavy atom. The lowest BCUT2D eigenvalue weighted by molar-refractivity contribution is 0.224. The maximum absolute atomic E-state index is 12.6. The van der Waals surface area contributed by atoms with Crippen LogP contribution in [0.15, 0.2) is 29.3 Å². The number of carbonyl (C=O) groups excluding carboxylic acids is 1. The van der Waals surface area contributed by atoms with E-state index in [9.17, 15) is 4.79 Å².